The largest absolute Gasteiger partial charge is 0.481 e. The van der Waals surface area contributed by atoms with Gasteiger partial charge in [0, 0.05) is 6.54 Å². The SMILES string of the molecule is O=C(O)C1CCC(CN2C(=O)CSC2c2ccccc2)CC1. The second-order valence-electron chi connectivity index (χ2n) is 6.18. The molecular formula is C17H21NO3S. The molecule has 1 aliphatic carbocycles. The molecule has 1 heterocycles. The van der Waals surface area contributed by atoms with Crippen LogP contribution in [0, 0.1) is 11.8 Å². The molecule has 1 aliphatic heterocycles. The molecule has 3 rings (SSSR count). The van der Waals surface area contributed by atoms with Gasteiger partial charge in [-0.25, -0.2) is 0 Å². The van der Waals surface area contributed by atoms with E-state index < -0.39 is 5.97 Å². The number of amides is 1. The predicted octanol–water partition coefficient (Wildman–Crippen LogP) is 3.15. The molecule has 1 atom stereocenters. The van der Waals surface area contributed by atoms with E-state index >= 15 is 0 Å². The van der Waals surface area contributed by atoms with Crippen molar-refractivity contribution in [2.75, 3.05) is 12.3 Å². The van der Waals surface area contributed by atoms with E-state index in [0.717, 1.165) is 32.2 Å². The summed E-state index contributed by atoms with van der Waals surface area (Å²) < 4.78 is 0. The zero-order chi connectivity index (χ0) is 15.5. The summed E-state index contributed by atoms with van der Waals surface area (Å²) in [4.78, 5) is 25.2. The number of nitrogens with zero attached hydrogens (tertiary/aromatic N) is 1. The molecule has 0 spiro atoms. The maximum Gasteiger partial charge on any atom is 0.306 e. The number of thioether (sulfide) groups is 1. The Labute approximate surface area is 134 Å². The molecule has 4 nitrogen and oxygen atoms in total. The van der Waals surface area contributed by atoms with Crippen LogP contribution in [0.4, 0.5) is 0 Å². The van der Waals surface area contributed by atoms with Crippen molar-refractivity contribution in [3.8, 4) is 0 Å². The molecule has 1 aromatic rings. The Bertz CT molecular complexity index is 540. The van der Waals surface area contributed by atoms with Crippen LogP contribution in [0.3, 0.4) is 0 Å². The van der Waals surface area contributed by atoms with Crippen LogP contribution >= 0.6 is 11.8 Å². The minimum Gasteiger partial charge on any atom is -0.481 e. The number of hydrogen-bond donors (Lipinski definition) is 1. The van der Waals surface area contributed by atoms with Gasteiger partial charge in [-0.3, -0.25) is 9.59 Å². The molecule has 22 heavy (non-hydrogen) atoms. The van der Waals surface area contributed by atoms with E-state index in [0.29, 0.717) is 11.7 Å². The third-order valence-corrected chi connectivity index (χ3v) is 5.96. The maximum atomic E-state index is 12.2. The predicted molar refractivity (Wildman–Crippen MR) is 86.4 cm³/mol. The van der Waals surface area contributed by atoms with Crippen molar-refractivity contribution in [3.63, 3.8) is 0 Å². The summed E-state index contributed by atoms with van der Waals surface area (Å²) in [6.07, 6.45) is 3.30. The lowest BCUT2D eigenvalue weighted by Gasteiger charge is -2.32. The number of carboxylic acid groups (broad SMARTS) is 1. The lowest BCUT2D eigenvalue weighted by atomic mass is 9.82. The third-order valence-electron chi connectivity index (χ3n) is 4.70. The first-order chi connectivity index (χ1) is 10.6. The summed E-state index contributed by atoms with van der Waals surface area (Å²) >= 11 is 1.69. The van der Waals surface area contributed by atoms with E-state index in [1.165, 1.54) is 5.56 Å². The van der Waals surface area contributed by atoms with E-state index in [2.05, 4.69) is 12.1 Å². The van der Waals surface area contributed by atoms with E-state index in [-0.39, 0.29) is 17.2 Å². The summed E-state index contributed by atoms with van der Waals surface area (Å²) in [5.74, 6) is 0.325. The number of rotatable bonds is 4. The van der Waals surface area contributed by atoms with Crippen LogP contribution < -0.4 is 0 Å². The molecule has 2 fully saturated rings. The van der Waals surface area contributed by atoms with Crippen LogP contribution in [-0.2, 0) is 9.59 Å². The number of carbonyl (C=O) groups is 2. The molecule has 2 aliphatic rings. The van der Waals surface area contributed by atoms with Gasteiger partial charge in [-0.05, 0) is 37.2 Å². The van der Waals surface area contributed by atoms with Gasteiger partial charge in [0.1, 0.15) is 5.37 Å². The minimum absolute atomic E-state index is 0.117. The molecule has 1 aromatic carbocycles. The van der Waals surface area contributed by atoms with Crippen LogP contribution in [0.1, 0.15) is 36.6 Å². The summed E-state index contributed by atoms with van der Waals surface area (Å²) in [7, 11) is 0. The normalized spacial score (nSPS) is 28.8. The highest BCUT2D eigenvalue weighted by molar-refractivity contribution is 8.00. The van der Waals surface area contributed by atoms with Crippen LogP contribution in [0.15, 0.2) is 30.3 Å². The lowest BCUT2D eigenvalue weighted by molar-refractivity contribution is -0.143. The van der Waals surface area contributed by atoms with Gasteiger partial charge in [0.2, 0.25) is 5.91 Å². The standard InChI is InChI=1S/C17H21NO3S/c19-15-11-22-16(13-4-2-1-3-5-13)18(15)10-12-6-8-14(9-7-12)17(20)21/h1-5,12,14,16H,6-11H2,(H,20,21). The number of aliphatic carboxylic acids is 1. The first kappa shape index (κ1) is 15.4. The summed E-state index contributed by atoms with van der Waals surface area (Å²) in [5.41, 5.74) is 1.18. The zero-order valence-corrected chi connectivity index (χ0v) is 13.3. The van der Waals surface area contributed by atoms with Crippen molar-refractivity contribution in [1.82, 2.24) is 4.90 Å². The van der Waals surface area contributed by atoms with Crippen molar-refractivity contribution in [3.05, 3.63) is 35.9 Å². The van der Waals surface area contributed by atoms with Gasteiger partial charge in [0.05, 0.1) is 11.7 Å². The molecule has 1 saturated heterocycles. The summed E-state index contributed by atoms with van der Waals surface area (Å²) in [6.45, 7) is 0.762. The van der Waals surface area contributed by atoms with Gasteiger partial charge < -0.3 is 10.0 Å². The lowest BCUT2D eigenvalue weighted by Crippen LogP contribution is -2.35. The van der Waals surface area contributed by atoms with Crippen molar-refractivity contribution in [2.24, 2.45) is 11.8 Å². The van der Waals surface area contributed by atoms with Gasteiger partial charge in [-0.15, -0.1) is 11.8 Å². The topological polar surface area (TPSA) is 57.6 Å². The second kappa shape index (κ2) is 6.73. The Hall–Kier alpha value is -1.49. The van der Waals surface area contributed by atoms with Crippen molar-refractivity contribution < 1.29 is 14.7 Å². The smallest absolute Gasteiger partial charge is 0.306 e. The van der Waals surface area contributed by atoms with Crippen LogP contribution in [-0.4, -0.2) is 34.2 Å². The number of benzene rings is 1. The van der Waals surface area contributed by atoms with E-state index in [1.54, 1.807) is 11.8 Å². The van der Waals surface area contributed by atoms with Crippen molar-refractivity contribution >= 4 is 23.6 Å². The Morgan fingerprint density at radius 2 is 1.86 bits per heavy atom. The van der Waals surface area contributed by atoms with Crippen molar-refractivity contribution in [1.29, 1.82) is 0 Å². The van der Waals surface area contributed by atoms with E-state index in [1.807, 2.05) is 23.1 Å². The first-order valence-electron chi connectivity index (χ1n) is 7.84. The average Bonchev–Trinajstić information content (AvgIpc) is 2.90. The highest BCUT2D eigenvalue weighted by Gasteiger charge is 2.35. The molecule has 0 radical (unpaired) electrons. The molecule has 1 N–H and O–H groups in total. The quantitative estimate of drug-likeness (QED) is 0.926. The fourth-order valence-electron chi connectivity index (χ4n) is 3.42. The molecule has 0 aromatic heterocycles. The summed E-state index contributed by atoms with van der Waals surface area (Å²) in [6, 6.07) is 10.2. The Balaban J connectivity index is 1.63. The minimum atomic E-state index is -0.673. The molecule has 118 valence electrons. The van der Waals surface area contributed by atoms with Crippen LogP contribution in [0.2, 0.25) is 0 Å². The average molecular weight is 319 g/mol. The zero-order valence-electron chi connectivity index (χ0n) is 12.5. The Kier molecular flexibility index (Phi) is 4.71. The number of carbonyl (C=O) groups excluding carboxylic acids is 1. The van der Waals surface area contributed by atoms with Crippen LogP contribution in [0.5, 0.6) is 0 Å². The number of carboxylic acids is 1. The van der Waals surface area contributed by atoms with Gasteiger partial charge >= 0.3 is 5.97 Å². The maximum absolute atomic E-state index is 12.2. The molecule has 1 unspecified atom stereocenters. The van der Waals surface area contributed by atoms with Crippen LogP contribution in [0.25, 0.3) is 0 Å². The molecular weight excluding hydrogens is 298 g/mol. The van der Waals surface area contributed by atoms with Gasteiger partial charge in [-0.1, -0.05) is 30.3 Å². The molecule has 1 amide bonds. The van der Waals surface area contributed by atoms with Gasteiger partial charge in [0.25, 0.3) is 0 Å². The molecule has 0 bridgehead atoms. The highest BCUT2D eigenvalue weighted by Crippen LogP contribution is 2.40. The first-order valence-corrected chi connectivity index (χ1v) is 8.89. The van der Waals surface area contributed by atoms with Crippen molar-refractivity contribution in [2.45, 2.75) is 31.1 Å². The van der Waals surface area contributed by atoms with E-state index in [9.17, 15) is 9.59 Å². The Morgan fingerprint density at radius 1 is 1.18 bits per heavy atom. The fourth-order valence-corrected chi connectivity index (χ4v) is 4.61. The third kappa shape index (κ3) is 3.29. The van der Waals surface area contributed by atoms with Gasteiger partial charge in [-0.2, -0.15) is 0 Å². The molecule has 1 saturated carbocycles. The fraction of sp³-hybridized carbons (Fsp3) is 0.529. The summed E-state index contributed by atoms with van der Waals surface area (Å²) in [5, 5.41) is 9.19. The number of hydrogen-bond acceptors (Lipinski definition) is 3. The van der Waals surface area contributed by atoms with Gasteiger partial charge in [0.15, 0.2) is 0 Å². The second-order valence-corrected chi connectivity index (χ2v) is 7.24. The van der Waals surface area contributed by atoms with E-state index in [4.69, 9.17) is 5.11 Å². The monoisotopic (exact) mass is 319 g/mol. The highest BCUT2D eigenvalue weighted by atomic mass is 32.2. The Morgan fingerprint density at radius 3 is 2.50 bits per heavy atom. The molecule has 5 heteroatoms.